The molecule has 0 atom stereocenters. The van der Waals surface area contributed by atoms with Crippen LogP contribution in [0.2, 0.25) is 5.15 Å². The minimum atomic E-state index is -0.333. The zero-order valence-corrected chi connectivity index (χ0v) is 15.2. The van der Waals surface area contributed by atoms with Gasteiger partial charge in [0, 0.05) is 17.7 Å². The van der Waals surface area contributed by atoms with E-state index < -0.39 is 0 Å². The van der Waals surface area contributed by atoms with Crippen LogP contribution in [0, 0.1) is 5.82 Å². The Labute approximate surface area is 156 Å². The molecule has 1 N–H and O–H groups in total. The highest BCUT2D eigenvalue weighted by Gasteiger charge is 2.12. The van der Waals surface area contributed by atoms with E-state index in [2.05, 4.69) is 22.2 Å². The second-order valence-corrected chi connectivity index (χ2v) is 6.39. The smallest absolute Gasteiger partial charge is 0.251 e. The molecule has 134 valence electrons. The molecule has 0 aliphatic rings. The van der Waals surface area contributed by atoms with Gasteiger partial charge in [0.05, 0.1) is 11.0 Å². The van der Waals surface area contributed by atoms with Crippen LogP contribution in [0.15, 0.2) is 42.5 Å². The van der Waals surface area contributed by atoms with Crippen molar-refractivity contribution in [3.05, 3.63) is 59.0 Å². The largest absolute Gasteiger partial charge is 0.352 e. The second kappa shape index (κ2) is 8.23. The van der Waals surface area contributed by atoms with E-state index in [1.165, 1.54) is 12.1 Å². The van der Waals surface area contributed by atoms with Crippen LogP contribution in [0.25, 0.3) is 22.3 Å². The molecule has 3 rings (SSSR count). The number of aromatic nitrogens is 2. The lowest BCUT2D eigenvalue weighted by Gasteiger charge is -2.08. The van der Waals surface area contributed by atoms with Crippen molar-refractivity contribution in [1.82, 2.24) is 15.3 Å². The van der Waals surface area contributed by atoms with Crippen LogP contribution in [-0.4, -0.2) is 22.4 Å². The van der Waals surface area contributed by atoms with Crippen molar-refractivity contribution < 1.29 is 9.18 Å². The van der Waals surface area contributed by atoms with Crippen LogP contribution in [0.5, 0.6) is 0 Å². The molecule has 1 heterocycles. The average molecular weight is 372 g/mol. The molecule has 4 nitrogen and oxygen atoms in total. The quantitative estimate of drug-likeness (QED) is 0.620. The molecule has 0 unspecified atom stereocenters. The summed E-state index contributed by atoms with van der Waals surface area (Å²) in [6, 6.07) is 11.0. The summed E-state index contributed by atoms with van der Waals surface area (Å²) in [6.45, 7) is 2.77. The number of hydrogen-bond donors (Lipinski definition) is 1. The Morgan fingerprint density at radius 3 is 2.58 bits per heavy atom. The minimum Gasteiger partial charge on any atom is -0.352 e. The molecule has 1 aromatic heterocycles. The normalized spacial score (nSPS) is 10.9. The number of nitrogens with zero attached hydrogens (tertiary/aromatic N) is 2. The molecule has 0 bridgehead atoms. The lowest BCUT2D eigenvalue weighted by molar-refractivity contribution is 0.0953. The Balaban J connectivity index is 1.89. The second-order valence-electron chi connectivity index (χ2n) is 6.04. The summed E-state index contributed by atoms with van der Waals surface area (Å²) in [6.07, 6.45) is 3.15. The average Bonchev–Trinajstić information content (AvgIpc) is 2.65. The molecule has 26 heavy (non-hydrogen) atoms. The summed E-state index contributed by atoms with van der Waals surface area (Å²) in [5.74, 6) is -0.469. The van der Waals surface area contributed by atoms with E-state index in [9.17, 15) is 9.18 Å². The molecule has 2 aromatic carbocycles. The number of unbranched alkanes of at least 4 members (excludes halogenated alkanes) is 2. The number of nitrogens with one attached hydrogen (secondary N) is 1. The zero-order valence-electron chi connectivity index (χ0n) is 14.4. The first kappa shape index (κ1) is 18.3. The predicted octanol–water partition coefficient (Wildman–Crippen LogP) is 5.01. The molecule has 0 saturated heterocycles. The number of fused-ring (bicyclic) bond motifs is 1. The fraction of sp³-hybridized carbons (Fsp3) is 0.250. The Kier molecular flexibility index (Phi) is 5.78. The topological polar surface area (TPSA) is 54.9 Å². The summed E-state index contributed by atoms with van der Waals surface area (Å²) in [5.41, 5.74) is 2.81. The number of hydrogen-bond acceptors (Lipinski definition) is 3. The highest BCUT2D eigenvalue weighted by atomic mass is 35.5. The molecule has 0 fully saturated rings. The van der Waals surface area contributed by atoms with Gasteiger partial charge in [0.1, 0.15) is 11.5 Å². The summed E-state index contributed by atoms with van der Waals surface area (Å²) in [7, 11) is 0. The van der Waals surface area contributed by atoms with Crippen molar-refractivity contribution >= 4 is 28.5 Å². The van der Waals surface area contributed by atoms with Gasteiger partial charge in [0.25, 0.3) is 5.91 Å². The maximum absolute atomic E-state index is 13.1. The van der Waals surface area contributed by atoms with Crippen molar-refractivity contribution in [2.45, 2.75) is 26.2 Å². The summed E-state index contributed by atoms with van der Waals surface area (Å²) >= 11 is 6.23. The van der Waals surface area contributed by atoms with Crippen LogP contribution in [0.3, 0.4) is 0 Å². The lowest BCUT2D eigenvalue weighted by Crippen LogP contribution is -2.24. The molecular formula is C20H19ClFN3O. The van der Waals surface area contributed by atoms with Gasteiger partial charge in [-0.15, -0.1) is 0 Å². The van der Waals surface area contributed by atoms with Gasteiger partial charge in [-0.3, -0.25) is 4.79 Å². The third-order valence-corrected chi connectivity index (χ3v) is 4.33. The van der Waals surface area contributed by atoms with Crippen LogP contribution in [0.4, 0.5) is 4.39 Å². The Morgan fingerprint density at radius 1 is 1.08 bits per heavy atom. The van der Waals surface area contributed by atoms with Crippen molar-refractivity contribution in [2.75, 3.05) is 6.54 Å². The van der Waals surface area contributed by atoms with Gasteiger partial charge in [-0.05, 0) is 48.9 Å². The van der Waals surface area contributed by atoms with Gasteiger partial charge in [0.2, 0.25) is 0 Å². The number of amides is 1. The first-order valence-corrected chi connectivity index (χ1v) is 8.97. The molecule has 0 saturated carbocycles. The van der Waals surface area contributed by atoms with Crippen molar-refractivity contribution in [1.29, 1.82) is 0 Å². The maximum atomic E-state index is 13.1. The van der Waals surface area contributed by atoms with Gasteiger partial charge in [-0.25, -0.2) is 14.4 Å². The zero-order chi connectivity index (χ0) is 18.5. The molecule has 6 heteroatoms. The van der Waals surface area contributed by atoms with E-state index in [4.69, 9.17) is 11.6 Å². The number of carbonyl (C=O) groups is 1. The van der Waals surface area contributed by atoms with Gasteiger partial charge in [-0.2, -0.15) is 0 Å². The SMILES string of the molecule is CCCCCNC(=O)c1ccc2nc(Cl)c(-c3ccc(F)cc3)nc2c1. The summed E-state index contributed by atoms with van der Waals surface area (Å²) < 4.78 is 13.1. The van der Waals surface area contributed by atoms with Gasteiger partial charge in [-0.1, -0.05) is 31.4 Å². The van der Waals surface area contributed by atoms with Gasteiger partial charge < -0.3 is 5.32 Å². The number of rotatable bonds is 6. The minimum absolute atomic E-state index is 0.136. The Hall–Kier alpha value is -2.53. The summed E-state index contributed by atoms with van der Waals surface area (Å²) in [4.78, 5) is 21.2. The lowest BCUT2D eigenvalue weighted by atomic mass is 10.1. The predicted molar refractivity (Wildman–Crippen MR) is 102 cm³/mol. The fourth-order valence-corrected chi connectivity index (χ4v) is 2.89. The van der Waals surface area contributed by atoms with Crippen LogP contribution in [-0.2, 0) is 0 Å². The molecule has 3 aromatic rings. The third-order valence-electron chi connectivity index (χ3n) is 4.07. The van der Waals surface area contributed by atoms with Crippen molar-refractivity contribution in [3.8, 4) is 11.3 Å². The van der Waals surface area contributed by atoms with E-state index in [0.717, 1.165) is 19.3 Å². The van der Waals surface area contributed by atoms with E-state index in [0.29, 0.717) is 34.4 Å². The molecule has 1 amide bonds. The van der Waals surface area contributed by atoms with Crippen LogP contribution >= 0.6 is 11.6 Å². The fourth-order valence-electron chi connectivity index (χ4n) is 2.64. The molecule has 0 spiro atoms. The van der Waals surface area contributed by atoms with E-state index in [1.807, 2.05) is 0 Å². The monoisotopic (exact) mass is 371 g/mol. The summed E-state index contributed by atoms with van der Waals surface area (Å²) in [5, 5.41) is 3.14. The van der Waals surface area contributed by atoms with Crippen molar-refractivity contribution in [2.24, 2.45) is 0 Å². The number of benzene rings is 2. The number of carbonyl (C=O) groups excluding carboxylic acids is 1. The van der Waals surface area contributed by atoms with Crippen molar-refractivity contribution in [3.63, 3.8) is 0 Å². The highest BCUT2D eigenvalue weighted by molar-refractivity contribution is 6.32. The Bertz CT molecular complexity index is 928. The van der Waals surface area contributed by atoms with E-state index in [1.54, 1.807) is 30.3 Å². The third kappa shape index (κ3) is 4.17. The molecule has 0 aliphatic heterocycles. The van der Waals surface area contributed by atoms with Crippen LogP contribution in [0.1, 0.15) is 36.5 Å². The van der Waals surface area contributed by atoms with Gasteiger partial charge >= 0.3 is 0 Å². The standard InChI is InChI=1S/C20H19ClFN3O/c1-2-3-4-11-23-20(26)14-7-10-16-17(12-14)24-18(19(21)25-16)13-5-8-15(22)9-6-13/h5-10,12H,2-4,11H2,1H3,(H,23,26). The molecule has 0 radical (unpaired) electrons. The van der Waals surface area contributed by atoms with E-state index >= 15 is 0 Å². The highest BCUT2D eigenvalue weighted by Crippen LogP contribution is 2.27. The molecule has 0 aliphatic carbocycles. The number of halogens is 2. The Morgan fingerprint density at radius 2 is 1.85 bits per heavy atom. The van der Waals surface area contributed by atoms with Gasteiger partial charge in [0.15, 0.2) is 5.15 Å². The first-order chi connectivity index (χ1) is 12.6. The molecular weight excluding hydrogens is 353 g/mol. The van der Waals surface area contributed by atoms with E-state index in [-0.39, 0.29) is 16.9 Å². The maximum Gasteiger partial charge on any atom is 0.251 e. The first-order valence-electron chi connectivity index (χ1n) is 8.60. The van der Waals surface area contributed by atoms with Crippen LogP contribution < -0.4 is 5.32 Å².